The first-order chi connectivity index (χ1) is 13.8. The van der Waals surface area contributed by atoms with E-state index in [0.717, 1.165) is 11.3 Å². The van der Waals surface area contributed by atoms with Crippen molar-refractivity contribution in [3.63, 3.8) is 0 Å². The highest BCUT2D eigenvalue weighted by molar-refractivity contribution is 7.14. The number of nitrogens with one attached hydrogen (secondary N) is 1. The highest BCUT2D eigenvalue weighted by atomic mass is 32.1. The average molecular weight is 415 g/mol. The molecule has 152 valence electrons. The zero-order valence-corrected chi connectivity index (χ0v) is 16.6. The Balaban J connectivity index is 1.79. The van der Waals surface area contributed by atoms with Crippen molar-refractivity contribution in [3.05, 3.63) is 45.9 Å². The maximum absolute atomic E-state index is 12.9. The number of pyridine rings is 1. The number of anilines is 1. The Morgan fingerprint density at radius 1 is 1.14 bits per heavy atom. The number of hydrogen-bond acceptors (Lipinski definition) is 6. The number of primary amides is 2. The van der Waals surface area contributed by atoms with Gasteiger partial charge in [0.25, 0.3) is 5.91 Å². The van der Waals surface area contributed by atoms with Crippen molar-refractivity contribution in [3.8, 4) is 0 Å². The van der Waals surface area contributed by atoms with Crippen molar-refractivity contribution < 1.29 is 19.2 Å². The Labute approximate surface area is 171 Å². The van der Waals surface area contributed by atoms with Gasteiger partial charge in [-0.15, -0.1) is 11.3 Å². The molecule has 0 bridgehead atoms. The van der Waals surface area contributed by atoms with E-state index in [1.807, 2.05) is 6.92 Å². The number of carbonyl (C=O) groups excluding carboxylic acids is 4. The smallest absolute Gasteiger partial charge is 0.313 e. The van der Waals surface area contributed by atoms with Gasteiger partial charge >= 0.3 is 11.8 Å². The van der Waals surface area contributed by atoms with Crippen molar-refractivity contribution in [2.75, 3.05) is 11.9 Å². The predicted octanol–water partition coefficient (Wildman–Crippen LogP) is 1.28. The van der Waals surface area contributed by atoms with E-state index in [9.17, 15) is 19.2 Å². The maximum Gasteiger partial charge on any atom is 0.313 e. The quantitative estimate of drug-likeness (QED) is 0.643. The van der Waals surface area contributed by atoms with Crippen molar-refractivity contribution in [1.82, 2.24) is 9.88 Å². The topological polar surface area (TPSA) is 148 Å². The second-order valence-electron chi connectivity index (χ2n) is 7.00. The minimum atomic E-state index is -0.834. The molecule has 2 unspecified atom stereocenters. The average Bonchev–Trinajstić information content (AvgIpc) is 3.17. The molecule has 3 rings (SSSR count). The van der Waals surface area contributed by atoms with Gasteiger partial charge in [0, 0.05) is 17.6 Å². The van der Waals surface area contributed by atoms with Gasteiger partial charge in [0.15, 0.2) is 0 Å². The molecule has 0 saturated carbocycles. The number of aromatic nitrogens is 1. The third-order valence-corrected chi connectivity index (χ3v) is 5.95. The largest absolute Gasteiger partial charge is 0.366 e. The van der Waals surface area contributed by atoms with Crippen LogP contribution < -0.4 is 16.8 Å². The van der Waals surface area contributed by atoms with Crippen LogP contribution in [0.3, 0.4) is 0 Å². The SMILES string of the molecule is CC1CCC(c2ccc(C(N)=O)s2)N(C(=O)C(=O)Nc2cncc(C(N)=O)c2)C1. The first-order valence-electron chi connectivity index (χ1n) is 9.02. The molecule has 1 saturated heterocycles. The van der Waals surface area contributed by atoms with E-state index in [-0.39, 0.29) is 23.2 Å². The fourth-order valence-electron chi connectivity index (χ4n) is 3.30. The van der Waals surface area contributed by atoms with Crippen molar-refractivity contribution in [1.29, 1.82) is 0 Å². The molecule has 5 N–H and O–H groups in total. The monoisotopic (exact) mass is 415 g/mol. The Bertz CT molecular complexity index is 973. The summed E-state index contributed by atoms with van der Waals surface area (Å²) in [6, 6.07) is 4.45. The standard InChI is InChI=1S/C19H21N5O4S/c1-10-2-3-13(14-4-5-15(29-14)17(21)26)24(9-10)19(28)18(27)23-12-6-11(16(20)25)7-22-8-12/h4-8,10,13H,2-3,9H2,1H3,(H2,20,25)(H2,21,26)(H,23,27). The maximum atomic E-state index is 12.9. The number of likely N-dealkylation sites (tertiary alicyclic amines) is 1. The zero-order chi connectivity index (χ0) is 21.1. The molecule has 0 spiro atoms. The van der Waals surface area contributed by atoms with Crippen LogP contribution in [0.4, 0.5) is 5.69 Å². The van der Waals surface area contributed by atoms with Crippen molar-refractivity contribution in [2.24, 2.45) is 17.4 Å². The van der Waals surface area contributed by atoms with Crippen LogP contribution in [0, 0.1) is 5.92 Å². The normalized spacial score (nSPS) is 18.9. The number of piperidine rings is 1. The third kappa shape index (κ3) is 4.60. The van der Waals surface area contributed by atoms with Crippen LogP contribution in [0.15, 0.2) is 30.6 Å². The minimum Gasteiger partial charge on any atom is -0.366 e. The predicted molar refractivity (Wildman–Crippen MR) is 107 cm³/mol. The summed E-state index contributed by atoms with van der Waals surface area (Å²) < 4.78 is 0. The minimum absolute atomic E-state index is 0.122. The van der Waals surface area contributed by atoms with E-state index < -0.39 is 23.6 Å². The number of nitrogens with zero attached hydrogens (tertiary/aromatic N) is 2. The molecule has 0 aromatic carbocycles. The first kappa shape index (κ1) is 20.5. The molecule has 10 heteroatoms. The lowest BCUT2D eigenvalue weighted by atomic mass is 9.93. The van der Waals surface area contributed by atoms with E-state index in [1.54, 1.807) is 12.1 Å². The van der Waals surface area contributed by atoms with E-state index >= 15 is 0 Å². The highest BCUT2D eigenvalue weighted by Gasteiger charge is 2.35. The van der Waals surface area contributed by atoms with Gasteiger partial charge in [0.05, 0.1) is 28.4 Å². The van der Waals surface area contributed by atoms with Crippen molar-refractivity contribution in [2.45, 2.75) is 25.8 Å². The van der Waals surface area contributed by atoms with Gasteiger partial charge in [0.2, 0.25) is 5.91 Å². The number of hydrogen-bond donors (Lipinski definition) is 3. The number of amides is 4. The van der Waals surface area contributed by atoms with Gasteiger partial charge in [-0.2, -0.15) is 0 Å². The molecule has 0 radical (unpaired) electrons. The van der Waals surface area contributed by atoms with Gasteiger partial charge in [-0.3, -0.25) is 24.2 Å². The van der Waals surface area contributed by atoms with Crippen LogP contribution in [-0.4, -0.2) is 40.1 Å². The molecular formula is C19H21N5O4S. The van der Waals surface area contributed by atoms with E-state index in [1.165, 1.54) is 34.7 Å². The summed E-state index contributed by atoms with van der Waals surface area (Å²) in [5.41, 5.74) is 10.9. The molecule has 2 aromatic rings. The number of thiophene rings is 1. The molecule has 1 aliphatic heterocycles. The second-order valence-corrected chi connectivity index (χ2v) is 8.12. The fourth-order valence-corrected chi connectivity index (χ4v) is 4.30. The lowest BCUT2D eigenvalue weighted by Crippen LogP contribution is -2.46. The molecular weight excluding hydrogens is 394 g/mol. The summed E-state index contributed by atoms with van der Waals surface area (Å²) in [7, 11) is 0. The highest BCUT2D eigenvalue weighted by Crippen LogP contribution is 2.36. The third-order valence-electron chi connectivity index (χ3n) is 4.75. The summed E-state index contributed by atoms with van der Waals surface area (Å²) in [5, 5.41) is 2.47. The molecule has 9 nitrogen and oxygen atoms in total. The Hall–Kier alpha value is -3.27. The molecule has 2 aromatic heterocycles. The Morgan fingerprint density at radius 3 is 2.55 bits per heavy atom. The van der Waals surface area contributed by atoms with Gasteiger partial charge < -0.3 is 21.7 Å². The van der Waals surface area contributed by atoms with Crippen LogP contribution in [-0.2, 0) is 9.59 Å². The molecule has 1 fully saturated rings. The van der Waals surface area contributed by atoms with Gasteiger partial charge in [0.1, 0.15) is 0 Å². The Kier molecular flexibility index (Phi) is 5.92. The summed E-state index contributed by atoms with van der Waals surface area (Å²) in [6.07, 6.45) is 4.17. The van der Waals surface area contributed by atoms with Gasteiger partial charge in [-0.05, 0) is 37.0 Å². The second kappa shape index (κ2) is 8.39. The van der Waals surface area contributed by atoms with Crippen molar-refractivity contribution >= 4 is 40.7 Å². The Morgan fingerprint density at radius 2 is 1.90 bits per heavy atom. The number of carbonyl (C=O) groups is 4. The summed E-state index contributed by atoms with van der Waals surface area (Å²) in [4.78, 5) is 54.7. The van der Waals surface area contributed by atoms with E-state index in [4.69, 9.17) is 11.5 Å². The van der Waals surface area contributed by atoms with E-state index in [0.29, 0.717) is 17.8 Å². The zero-order valence-electron chi connectivity index (χ0n) is 15.8. The van der Waals surface area contributed by atoms with Crippen LogP contribution >= 0.6 is 11.3 Å². The van der Waals surface area contributed by atoms with Crippen LogP contribution in [0.25, 0.3) is 0 Å². The molecule has 29 heavy (non-hydrogen) atoms. The molecule has 3 heterocycles. The van der Waals surface area contributed by atoms with Crippen LogP contribution in [0.1, 0.15) is 50.7 Å². The lowest BCUT2D eigenvalue weighted by Gasteiger charge is -2.37. The summed E-state index contributed by atoms with van der Waals surface area (Å²) in [5.74, 6) is -2.51. The molecule has 1 aliphatic rings. The fraction of sp³-hybridized carbons (Fsp3) is 0.316. The summed E-state index contributed by atoms with van der Waals surface area (Å²) >= 11 is 1.23. The first-order valence-corrected chi connectivity index (χ1v) is 9.84. The van der Waals surface area contributed by atoms with Crippen LogP contribution in [0.2, 0.25) is 0 Å². The van der Waals surface area contributed by atoms with E-state index in [2.05, 4.69) is 10.3 Å². The van der Waals surface area contributed by atoms with Crippen LogP contribution in [0.5, 0.6) is 0 Å². The lowest BCUT2D eigenvalue weighted by molar-refractivity contribution is -0.146. The number of nitrogens with two attached hydrogens (primary N) is 2. The number of rotatable bonds is 4. The molecule has 2 atom stereocenters. The van der Waals surface area contributed by atoms with Gasteiger partial charge in [-0.25, -0.2) is 0 Å². The molecule has 0 aliphatic carbocycles. The molecule has 4 amide bonds. The van der Waals surface area contributed by atoms with Gasteiger partial charge in [-0.1, -0.05) is 6.92 Å². The summed E-state index contributed by atoms with van der Waals surface area (Å²) in [6.45, 7) is 2.43.